The fourth-order valence-electron chi connectivity index (χ4n) is 3.97. The third-order valence-electron chi connectivity index (χ3n) is 5.51. The van der Waals surface area contributed by atoms with Gasteiger partial charge in [-0.25, -0.2) is 13.6 Å². The average Bonchev–Trinajstić information content (AvgIpc) is 3.04. The molecular formula is C19H27N3O4S. The van der Waals surface area contributed by atoms with Gasteiger partial charge >= 0.3 is 0 Å². The summed E-state index contributed by atoms with van der Waals surface area (Å²) in [6.45, 7) is 0.972. The van der Waals surface area contributed by atoms with E-state index < -0.39 is 10.0 Å². The normalized spacial score (nSPS) is 21.4. The Balaban J connectivity index is 1.46. The second-order valence-corrected chi connectivity index (χ2v) is 9.03. The molecule has 1 aromatic carbocycles. The predicted octanol–water partition coefficient (Wildman–Crippen LogP) is 1.17. The van der Waals surface area contributed by atoms with Gasteiger partial charge in [0.15, 0.2) is 0 Å². The van der Waals surface area contributed by atoms with Gasteiger partial charge in [0.2, 0.25) is 21.8 Å². The molecule has 2 aliphatic rings. The van der Waals surface area contributed by atoms with Crippen molar-refractivity contribution in [2.75, 3.05) is 13.1 Å². The molecule has 1 aliphatic carbocycles. The average molecular weight is 394 g/mol. The van der Waals surface area contributed by atoms with Gasteiger partial charge in [0.25, 0.3) is 0 Å². The lowest BCUT2D eigenvalue weighted by Gasteiger charge is -2.31. The van der Waals surface area contributed by atoms with Gasteiger partial charge in [0.05, 0.1) is 10.8 Å². The highest BCUT2D eigenvalue weighted by Crippen LogP contribution is 2.28. The molecule has 1 saturated carbocycles. The molecule has 148 valence electrons. The minimum absolute atomic E-state index is 0.0718. The van der Waals surface area contributed by atoms with Gasteiger partial charge in [0, 0.05) is 25.6 Å². The van der Waals surface area contributed by atoms with Crippen molar-refractivity contribution in [3.05, 3.63) is 29.8 Å². The first-order chi connectivity index (χ1) is 12.8. The summed E-state index contributed by atoms with van der Waals surface area (Å²) in [6.07, 6.45) is 6.55. The largest absolute Gasteiger partial charge is 0.355 e. The van der Waals surface area contributed by atoms with Crippen LogP contribution in [0.2, 0.25) is 0 Å². The number of primary sulfonamides is 1. The zero-order valence-corrected chi connectivity index (χ0v) is 16.2. The van der Waals surface area contributed by atoms with Gasteiger partial charge in [-0.15, -0.1) is 0 Å². The summed E-state index contributed by atoms with van der Waals surface area (Å²) >= 11 is 0. The fourth-order valence-corrected chi connectivity index (χ4v) is 4.49. The number of nitrogens with zero attached hydrogens (tertiary/aromatic N) is 1. The Kier molecular flexibility index (Phi) is 6.16. The Bertz CT molecular complexity index is 786. The van der Waals surface area contributed by atoms with Crippen LogP contribution in [0.4, 0.5) is 0 Å². The molecule has 2 fully saturated rings. The van der Waals surface area contributed by atoms with Crippen molar-refractivity contribution in [3.63, 3.8) is 0 Å². The zero-order valence-electron chi connectivity index (χ0n) is 15.4. The number of hydrogen-bond acceptors (Lipinski definition) is 4. The van der Waals surface area contributed by atoms with E-state index in [0.29, 0.717) is 32.0 Å². The Morgan fingerprint density at radius 2 is 1.81 bits per heavy atom. The number of carbonyl (C=O) groups is 2. The van der Waals surface area contributed by atoms with E-state index in [1.807, 2.05) is 4.90 Å². The number of sulfonamides is 1. The topological polar surface area (TPSA) is 110 Å². The second-order valence-electron chi connectivity index (χ2n) is 7.47. The molecule has 1 aliphatic heterocycles. The highest BCUT2D eigenvalue weighted by atomic mass is 32.2. The van der Waals surface area contributed by atoms with Crippen molar-refractivity contribution in [3.8, 4) is 0 Å². The summed E-state index contributed by atoms with van der Waals surface area (Å²) < 4.78 is 22.5. The molecule has 3 N–H and O–H groups in total. The van der Waals surface area contributed by atoms with Crippen LogP contribution in [0.25, 0.3) is 0 Å². The van der Waals surface area contributed by atoms with E-state index >= 15 is 0 Å². The van der Waals surface area contributed by atoms with Crippen molar-refractivity contribution in [1.82, 2.24) is 10.2 Å². The molecule has 1 heterocycles. The lowest BCUT2D eigenvalue weighted by molar-refractivity contribution is -0.130. The predicted molar refractivity (Wildman–Crippen MR) is 101 cm³/mol. The van der Waals surface area contributed by atoms with E-state index in [1.165, 1.54) is 18.6 Å². The van der Waals surface area contributed by atoms with Gasteiger partial charge in [-0.05, 0) is 37.0 Å². The third-order valence-corrected chi connectivity index (χ3v) is 6.44. The molecule has 0 bridgehead atoms. The number of carbonyl (C=O) groups excluding carboxylic acids is 2. The van der Waals surface area contributed by atoms with Gasteiger partial charge in [-0.1, -0.05) is 31.4 Å². The van der Waals surface area contributed by atoms with Crippen LogP contribution in [-0.2, 0) is 26.0 Å². The van der Waals surface area contributed by atoms with E-state index in [-0.39, 0.29) is 22.6 Å². The minimum atomic E-state index is -3.69. The Hall–Kier alpha value is -1.93. The molecule has 2 amide bonds. The smallest absolute Gasteiger partial charge is 0.238 e. The Morgan fingerprint density at radius 1 is 1.15 bits per heavy atom. The summed E-state index contributed by atoms with van der Waals surface area (Å²) in [5, 5.41) is 7.98. The molecule has 1 atom stereocenters. The minimum Gasteiger partial charge on any atom is -0.355 e. The van der Waals surface area contributed by atoms with Crippen molar-refractivity contribution in [1.29, 1.82) is 0 Å². The van der Waals surface area contributed by atoms with E-state index in [1.54, 1.807) is 12.1 Å². The quantitative estimate of drug-likeness (QED) is 0.756. The van der Waals surface area contributed by atoms with E-state index in [0.717, 1.165) is 31.2 Å². The first-order valence-electron chi connectivity index (χ1n) is 9.53. The molecule has 3 rings (SSSR count). The molecule has 7 nitrogen and oxygen atoms in total. The van der Waals surface area contributed by atoms with Crippen LogP contribution in [0.15, 0.2) is 29.2 Å². The molecule has 8 heteroatoms. The number of benzene rings is 1. The highest BCUT2D eigenvalue weighted by Gasteiger charge is 2.37. The fraction of sp³-hybridized carbons (Fsp3) is 0.579. The van der Waals surface area contributed by atoms with Gasteiger partial charge in [-0.2, -0.15) is 0 Å². The maximum atomic E-state index is 12.4. The lowest BCUT2D eigenvalue weighted by atomic mass is 9.94. The second kappa shape index (κ2) is 8.39. The maximum Gasteiger partial charge on any atom is 0.238 e. The van der Waals surface area contributed by atoms with Gasteiger partial charge in [0.1, 0.15) is 0 Å². The summed E-state index contributed by atoms with van der Waals surface area (Å²) in [4.78, 5) is 26.7. The molecular weight excluding hydrogens is 366 g/mol. The first-order valence-corrected chi connectivity index (χ1v) is 11.1. The van der Waals surface area contributed by atoms with Crippen LogP contribution in [0, 0.1) is 5.92 Å². The number of hydrogen-bond donors (Lipinski definition) is 2. The van der Waals surface area contributed by atoms with Crippen LogP contribution in [0.3, 0.4) is 0 Å². The maximum absolute atomic E-state index is 12.4. The van der Waals surface area contributed by atoms with Gasteiger partial charge < -0.3 is 10.2 Å². The SMILES string of the molecule is NS(=O)(=O)c1ccc(CCNC(=O)[C@@H]2CC(=O)N(C3CCCCC3)C2)cc1. The summed E-state index contributed by atoms with van der Waals surface area (Å²) in [5.74, 6) is -0.257. The number of rotatable bonds is 6. The molecule has 1 saturated heterocycles. The zero-order chi connectivity index (χ0) is 19.4. The first kappa shape index (κ1) is 19.8. The van der Waals surface area contributed by atoms with Gasteiger partial charge in [-0.3, -0.25) is 9.59 Å². The Morgan fingerprint density at radius 3 is 2.44 bits per heavy atom. The number of likely N-dealkylation sites (tertiary alicyclic amines) is 1. The Labute approximate surface area is 160 Å². The van der Waals surface area contributed by atoms with Crippen molar-refractivity contribution >= 4 is 21.8 Å². The lowest BCUT2D eigenvalue weighted by Crippen LogP contribution is -2.39. The molecule has 0 aromatic heterocycles. The third kappa shape index (κ3) is 5.07. The summed E-state index contributed by atoms with van der Waals surface area (Å²) in [5.41, 5.74) is 0.911. The van der Waals surface area contributed by atoms with Crippen LogP contribution < -0.4 is 10.5 Å². The van der Waals surface area contributed by atoms with Crippen LogP contribution in [0.1, 0.15) is 44.1 Å². The standard InChI is InChI=1S/C19H27N3O4S/c20-27(25,26)17-8-6-14(7-9-17)10-11-21-19(24)15-12-18(23)22(13-15)16-4-2-1-3-5-16/h6-9,15-16H,1-5,10-13H2,(H,21,24)(H2,20,25,26)/t15-/m1/s1. The van der Waals surface area contributed by atoms with Crippen molar-refractivity contribution < 1.29 is 18.0 Å². The number of nitrogens with one attached hydrogen (secondary N) is 1. The number of amides is 2. The number of nitrogens with two attached hydrogens (primary N) is 1. The van der Waals surface area contributed by atoms with E-state index in [4.69, 9.17) is 5.14 Å². The molecule has 0 spiro atoms. The van der Waals surface area contributed by atoms with Crippen molar-refractivity contribution in [2.24, 2.45) is 11.1 Å². The summed E-state index contributed by atoms with van der Waals surface area (Å²) in [6, 6.07) is 6.61. The van der Waals surface area contributed by atoms with Crippen LogP contribution in [0.5, 0.6) is 0 Å². The van der Waals surface area contributed by atoms with Crippen LogP contribution in [-0.4, -0.2) is 44.3 Å². The molecule has 0 radical (unpaired) electrons. The summed E-state index contributed by atoms with van der Waals surface area (Å²) in [7, 11) is -3.69. The molecule has 27 heavy (non-hydrogen) atoms. The molecule has 1 aromatic rings. The monoisotopic (exact) mass is 393 g/mol. The highest BCUT2D eigenvalue weighted by molar-refractivity contribution is 7.89. The van der Waals surface area contributed by atoms with Crippen LogP contribution >= 0.6 is 0 Å². The van der Waals surface area contributed by atoms with Crippen molar-refractivity contribution in [2.45, 2.75) is 55.9 Å². The van der Waals surface area contributed by atoms with E-state index in [9.17, 15) is 18.0 Å². The van der Waals surface area contributed by atoms with E-state index in [2.05, 4.69) is 5.32 Å². The molecule has 0 unspecified atom stereocenters.